The van der Waals surface area contributed by atoms with Crippen molar-refractivity contribution >= 4 is 5.69 Å². The predicted octanol–water partition coefficient (Wildman–Crippen LogP) is 3.96. The first-order valence-electron chi connectivity index (χ1n) is 6.91. The Balaban J connectivity index is 1.86. The number of para-hydroxylation sites is 1. The third kappa shape index (κ3) is 4.19. The van der Waals surface area contributed by atoms with Crippen molar-refractivity contribution in [1.29, 1.82) is 0 Å². The quantitative estimate of drug-likeness (QED) is 0.826. The van der Waals surface area contributed by atoms with Gasteiger partial charge in [0.15, 0.2) is 0 Å². The summed E-state index contributed by atoms with van der Waals surface area (Å²) in [5.74, 6) is 1.78. The average Bonchev–Trinajstić information content (AvgIpc) is 2.53. The third-order valence-electron chi connectivity index (χ3n) is 3.13. The summed E-state index contributed by atoms with van der Waals surface area (Å²) in [6.07, 6.45) is 1.11. The van der Waals surface area contributed by atoms with Crippen molar-refractivity contribution < 1.29 is 9.47 Å². The van der Waals surface area contributed by atoms with E-state index in [1.54, 1.807) is 7.11 Å². The van der Waals surface area contributed by atoms with Gasteiger partial charge in [0.25, 0.3) is 0 Å². The number of ether oxygens (including phenoxy) is 2. The summed E-state index contributed by atoms with van der Waals surface area (Å²) in [6.45, 7) is 2.90. The van der Waals surface area contributed by atoms with Crippen LogP contribution in [0.2, 0.25) is 0 Å². The molecule has 0 fully saturated rings. The molecular formula is C17H21NO2. The number of methoxy groups -OCH3 is 1. The molecule has 0 bridgehead atoms. The van der Waals surface area contributed by atoms with Gasteiger partial charge in [-0.25, -0.2) is 0 Å². The highest BCUT2D eigenvalue weighted by molar-refractivity contribution is 5.46. The highest BCUT2D eigenvalue weighted by Gasteiger charge is 2.07. The van der Waals surface area contributed by atoms with E-state index in [4.69, 9.17) is 9.47 Å². The van der Waals surface area contributed by atoms with Gasteiger partial charge in [-0.1, -0.05) is 25.1 Å². The van der Waals surface area contributed by atoms with Gasteiger partial charge in [-0.2, -0.15) is 0 Å². The summed E-state index contributed by atoms with van der Waals surface area (Å²) >= 11 is 0. The van der Waals surface area contributed by atoms with Crippen molar-refractivity contribution in [2.75, 3.05) is 19.0 Å². The Bertz CT molecular complexity index is 496. The maximum atomic E-state index is 5.94. The number of anilines is 1. The van der Waals surface area contributed by atoms with E-state index in [0.29, 0.717) is 0 Å². The summed E-state index contributed by atoms with van der Waals surface area (Å²) in [5, 5.41) is 3.39. The maximum Gasteiger partial charge on any atom is 0.119 e. The Morgan fingerprint density at radius 1 is 0.950 bits per heavy atom. The molecule has 0 aliphatic rings. The molecule has 3 heteroatoms. The van der Waals surface area contributed by atoms with Crippen LogP contribution in [0.1, 0.15) is 13.3 Å². The van der Waals surface area contributed by atoms with E-state index >= 15 is 0 Å². The van der Waals surface area contributed by atoms with E-state index in [9.17, 15) is 0 Å². The van der Waals surface area contributed by atoms with Crippen LogP contribution in [0.25, 0.3) is 0 Å². The first-order valence-corrected chi connectivity index (χ1v) is 6.91. The molecule has 2 aromatic carbocycles. The lowest BCUT2D eigenvalue weighted by atomic mass is 10.2. The molecule has 2 aromatic rings. The highest BCUT2D eigenvalue weighted by Crippen LogP contribution is 2.16. The average molecular weight is 271 g/mol. The van der Waals surface area contributed by atoms with Crippen molar-refractivity contribution in [1.82, 2.24) is 0 Å². The van der Waals surface area contributed by atoms with Crippen LogP contribution in [0, 0.1) is 0 Å². The molecule has 0 aromatic heterocycles. The Morgan fingerprint density at radius 3 is 2.25 bits per heavy atom. The van der Waals surface area contributed by atoms with Gasteiger partial charge in [-0.3, -0.25) is 0 Å². The topological polar surface area (TPSA) is 30.5 Å². The lowest BCUT2D eigenvalue weighted by Crippen LogP contribution is -2.25. The molecule has 1 N–H and O–H groups in total. The molecule has 0 heterocycles. The minimum absolute atomic E-state index is 0.152. The van der Waals surface area contributed by atoms with E-state index < -0.39 is 0 Å². The molecular weight excluding hydrogens is 250 g/mol. The summed E-state index contributed by atoms with van der Waals surface area (Å²) in [6, 6.07) is 17.8. The van der Waals surface area contributed by atoms with Gasteiger partial charge in [0.1, 0.15) is 17.6 Å². The number of rotatable bonds is 7. The molecule has 0 saturated heterocycles. The molecule has 20 heavy (non-hydrogen) atoms. The molecule has 0 aliphatic heterocycles. The lowest BCUT2D eigenvalue weighted by molar-refractivity contribution is 0.210. The number of hydrogen-bond donors (Lipinski definition) is 1. The van der Waals surface area contributed by atoms with Gasteiger partial charge < -0.3 is 14.8 Å². The van der Waals surface area contributed by atoms with Crippen LogP contribution in [0.5, 0.6) is 11.5 Å². The molecule has 0 spiro atoms. The van der Waals surface area contributed by atoms with Crippen LogP contribution in [-0.2, 0) is 0 Å². The smallest absolute Gasteiger partial charge is 0.119 e. The molecule has 0 aliphatic carbocycles. The standard InChI is InChI=1S/C17H21NO2/c1-3-15(20-17-7-5-4-6-8-17)13-18-14-9-11-16(19-2)12-10-14/h4-12,15,18H,3,13H2,1-2H3. The van der Waals surface area contributed by atoms with Crippen LogP contribution >= 0.6 is 0 Å². The molecule has 0 amide bonds. The first kappa shape index (κ1) is 14.3. The SMILES string of the molecule is CCC(CNc1ccc(OC)cc1)Oc1ccccc1. The fourth-order valence-corrected chi connectivity index (χ4v) is 1.90. The zero-order valence-corrected chi connectivity index (χ0v) is 12.0. The summed E-state index contributed by atoms with van der Waals surface area (Å²) in [5.41, 5.74) is 1.07. The van der Waals surface area contributed by atoms with Crippen molar-refractivity contribution in [3.63, 3.8) is 0 Å². The van der Waals surface area contributed by atoms with E-state index in [-0.39, 0.29) is 6.10 Å². The second kappa shape index (κ2) is 7.43. The van der Waals surface area contributed by atoms with Crippen molar-refractivity contribution in [2.24, 2.45) is 0 Å². The first-order chi connectivity index (χ1) is 9.81. The van der Waals surface area contributed by atoms with Gasteiger partial charge in [0, 0.05) is 5.69 Å². The van der Waals surface area contributed by atoms with E-state index in [1.165, 1.54) is 0 Å². The normalized spacial score (nSPS) is 11.7. The minimum Gasteiger partial charge on any atom is -0.497 e. The van der Waals surface area contributed by atoms with Crippen LogP contribution in [-0.4, -0.2) is 19.8 Å². The third-order valence-corrected chi connectivity index (χ3v) is 3.13. The van der Waals surface area contributed by atoms with Crippen LogP contribution < -0.4 is 14.8 Å². The largest absolute Gasteiger partial charge is 0.497 e. The summed E-state index contributed by atoms with van der Waals surface area (Å²) in [4.78, 5) is 0. The molecule has 2 rings (SSSR count). The monoisotopic (exact) mass is 271 g/mol. The number of hydrogen-bond acceptors (Lipinski definition) is 3. The van der Waals surface area contributed by atoms with Gasteiger partial charge >= 0.3 is 0 Å². The zero-order valence-electron chi connectivity index (χ0n) is 12.0. The summed E-state index contributed by atoms with van der Waals surface area (Å²) in [7, 11) is 1.67. The van der Waals surface area contributed by atoms with Crippen molar-refractivity contribution in [3.05, 3.63) is 54.6 Å². The summed E-state index contributed by atoms with van der Waals surface area (Å²) < 4.78 is 11.1. The van der Waals surface area contributed by atoms with Crippen LogP contribution in [0.4, 0.5) is 5.69 Å². The number of benzene rings is 2. The van der Waals surface area contributed by atoms with E-state index in [1.807, 2.05) is 54.6 Å². The Kier molecular flexibility index (Phi) is 5.30. The van der Waals surface area contributed by atoms with E-state index in [0.717, 1.165) is 30.2 Å². The predicted molar refractivity (Wildman–Crippen MR) is 82.6 cm³/mol. The Labute approximate surface area is 120 Å². The van der Waals surface area contributed by atoms with Crippen molar-refractivity contribution in [2.45, 2.75) is 19.4 Å². The fraction of sp³-hybridized carbons (Fsp3) is 0.294. The molecule has 0 saturated carbocycles. The lowest BCUT2D eigenvalue weighted by Gasteiger charge is -2.19. The van der Waals surface area contributed by atoms with Gasteiger partial charge in [-0.15, -0.1) is 0 Å². The fourth-order valence-electron chi connectivity index (χ4n) is 1.90. The second-order valence-corrected chi connectivity index (χ2v) is 4.57. The Hall–Kier alpha value is -2.16. The highest BCUT2D eigenvalue weighted by atomic mass is 16.5. The van der Waals surface area contributed by atoms with E-state index in [2.05, 4.69) is 12.2 Å². The van der Waals surface area contributed by atoms with Crippen LogP contribution in [0.15, 0.2) is 54.6 Å². The second-order valence-electron chi connectivity index (χ2n) is 4.57. The number of nitrogens with one attached hydrogen (secondary N) is 1. The molecule has 1 atom stereocenters. The zero-order chi connectivity index (χ0) is 14.2. The molecule has 1 unspecified atom stereocenters. The minimum atomic E-state index is 0.152. The molecule has 0 radical (unpaired) electrons. The van der Waals surface area contributed by atoms with Gasteiger partial charge in [0.05, 0.1) is 13.7 Å². The van der Waals surface area contributed by atoms with Crippen LogP contribution in [0.3, 0.4) is 0 Å². The van der Waals surface area contributed by atoms with Gasteiger partial charge in [-0.05, 0) is 42.8 Å². The Morgan fingerprint density at radius 2 is 1.65 bits per heavy atom. The van der Waals surface area contributed by atoms with Gasteiger partial charge in [0.2, 0.25) is 0 Å². The molecule has 3 nitrogen and oxygen atoms in total. The maximum absolute atomic E-state index is 5.94. The molecule has 106 valence electrons. The van der Waals surface area contributed by atoms with Crippen molar-refractivity contribution in [3.8, 4) is 11.5 Å².